The number of benzene rings is 1. The van der Waals surface area contributed by atoms with E-state index >= 15 is 0 Å². The maximum atomic E-state index is 12.2. The standard InChI is InChI=1S/C13H17Cl2N3O4/c1-22-13(21)9(6-17-10(19)5-16)18-12(20)11-7(14)3-2-4-8(11)15/h2-4,9,13,21H,5-6,16H2,1H3,(H,17,19)(H,18,20)/t9-,13?/m0/s1. The molecule has 2 amide bonds. The molecule has 0 aromatic heterocycles. The lowest BCUT2D eigenvalue weighted by Crippen LogP contribution is -2.51. The third-order valence-corrected chi connectivity index (χ3v) is 3.43. The van der Waals surface area contributed by atoms with E-state index in [4.69, 9.17) is 33.7 Å². The van der Waals surface area contributed by atoms with E-state index in [0.717, 1.165) is 0 Å². The van der Waals surface area contributed by atoms with E-state index < -0.39 is 24.1 Å². The number of aliphatic hydroxyl groups excluding tert-OH is 1. The minimum Gasteiger partial charge on any atom is -0.366 e. The number of methoxy groups -OCH3 is 1. The average Bonchev–Trinajstić information content (AvgIpc) is 2.49. The third kappa shape index (κ3) is 5.11. The summed E-state index contributed by atoms with van der Waals surface area (Å²) in [4.78, 5) is 23.4. The molecular weight excluding hydrogens is 333 g/mol. The second kappa shape index (κ2) is 8.92. The molecule has 0 aliphatic carbocycles. The van der Waals surface area contributed by atoms with E-state index in [1.54, 1.807) is 6.07 Å². The summed E-state index contributed by atoms with van der Waals surface area (Å²) in [7, 11) is 1.26. The fraction of sp³-hybridized carbons (Fsp3) is 0.385. The molecule has 1 unspecified atom stereocenters. The summed E-state index contributed by atoms with van der Waals surface area (Å²) >= 11 is 11.9. The zero-order chi connectivity index (χ0) is 16.7. The Balaban J connectivity index is 2.84. The number of ether oxygens (including phenoxy) is 1. The van der Waals surface area contributed by atoms with Crippen LogP contribution in [0.3, 0.4) is 0 Å². The lowest BCUT2D eigenvalue weighted by atomic mass is 10.2. The van der Waals surface area contributed by atoms with Gasteiger partial charge in [0.1, 0.15) is 0 Å². The van der Waals surface area contributed by atoms with Gasteiger partial charge in [-0.2, -0.15) is 0 Å². The van der Waals surface area contributed by atoms with Gasteiger partial charge in [-0.15, -0.1) is 0 Å². The van der Waals surface area contributed by atoms with Crippen LogP contribution in [0.2, 0.25) is 10.0 Å². The molecule has 1 aromatic carbocycles. The lowest BCUT2D eigenvalue weighted by molar-refractivity contribution is -0.121. The Kier molecular flexibility index (Phi) is 7.57. The Hall–Kier alpha value is -1.38. The van der Waals surface area contributed by atoms with Crippen LogP contribution < -0.4 is 16.4 Å². The van der Waals surface area contributed by atoms with E-state index in [1.807, 2.05) is 0 Å². The van der Waals surface area contributed by atoms with Crippen molar-refractivity contribution in [3.63, 3.8) is 0 Å². The molecule has 1 aromatic rings. The molecule has 7 nitrogen and oxygen atoms in total. The van der Waals surface area contributed by atoms with Gasteiger partial charge in [0.2, 0.25) is 5.91 Å². The monoisotopic (exact) mass is 349 g/mol. The third-order valence-electron chi connectivity index (χ3n) is 2.80. The smallest absolute Gasteiger partial charge is 0.254 e. The predicted octanol–water partition coefficient (Wildman–Crippen LogP) is 0.132. The molecular formula is C13H17Cl2N3O4. The van der Waals surface area contributed by atoms with Crippen LogP contribution in [0.25, 0.3) is 0 Å². The molecule has 122 valence electrons. The Bertz CT molecular complexity index is 522. The van der Waals surface area contributed by atoms with E-state index in [-0.39, 0.29) is 28.7 Å². The molecule has 0 saturated heterocycles. The molecule has 0 radical (unpaired) electrons. The van der Waals surface area contributed by atoms with E-state index in [9.17, 15) is 14.7 Å². The number of nitrogens with two attached hydrogens (primary N) is 1. The maximum absolute atomic E-state index is 12.2. The van der Waals surface area contributed by atoms with Gasteiger partial charge in [0.25, 0.3) is 5.91 Å². The highest BCUT2D eigenvalue weighted by Crippen LogP contribution is 2.24. The van der Waals surface area contributed by atoms with Gasteiger partial charge in [0.15, 0.2) is 6.29 Å². The zero-order valence-electron chi connectivity index (χ0n) is 11.8. The first kappa shape index (κ1) is 18.7. The van der Waals surface area contributed by atoms with Crippen LogP contribution in [0.1, 0.15) is 10.4 Å². The molecule has 0 bridgehead atoms. The Morgan fingerprint density at radius 1 is 1.36 bits per heavy atom. The van der Waals surface area contributed by atoms with E-state index in [2.05, 4.69) is 10.6 Å². The molecule has 0 spiro atoms. The molecule has 1 rings (SSSR count). The number of nitrogens with one attached hydrogen (secondary N) is 2. The van der Waals surface area contributed by atoms with Gasteiger partial charge in [-0.25, -0.2) is 0 Å². The molecule has 5 N–H and O–H groups in total. The van der Waals surface area contributed by atoms with Crippen LogP contribution in [-0.2, 0) is 9.53 Å². The van der Waals surface area contributed by atoms with Crippen molar-refractivity contribution in [2.75, 3.05) is 20.2 Å². The molecule has 0 saturated carbocycles. The van der Waals surface area contributed by atoms with Crippen LogP contribution in [0.15, 0.2) is 18.2 Å². The highest BCUT2D eigenvalue weighted by Gasteiger charge is 2.24. The van der Waals surface area contributed by atoms with Crippen LogP contribution in [0.5, 0.6) is 0 Å². The minimum atomic E-state index is -1.33. The van der Waals surface area contributed by atoms with Gasteiger partial charge < -0.3 is 26.2 Å². The first-order valence-electron chi connectivity index (χ1n) is 6.33. The highest BCUT2D eigenvalue weighted by molar-refractivity contribution is 6.39. The summed E-state index contributed by atoms with van der Waals surface area (Å²) in [6.07, 6.45) is -1.33. The van der Waals surface area contributed by atoms with Gasteiger partial charge in [0.05, 0.1) is 28.2 Å². The largest absolute Gasteiger partial charge is 0.366 e. The molecule has 9 heteroatoms. The van der Waals surface area contributed by atoms with Crippen molar-refractivity contribution in [1.82, 2.24) is 10.6 Å². The molecule has 2 atom stereocenters. The number of carbonyl (C=O) groups is 2. The van der Waals surface area contributed by atoms with Gasteiger partial charge in [-0.1, -0.05) is 29.3 Å². The van der Waals surface area contributed by atoms with Crippen LogP contribution in [0.4, 0.5) is 0 Å². The fourth-order valence-corrected chi connectivity index (χ4v) is 2.21. The normalized spacial score (nSPS) is 13.3. The molecule has 0 aliphatic heterocycles. The number of rotatable bonds is 7. The van der Waals surface area contributed by atoms with Crippen LogP contribution in [-0.4, -0.2) is 49.5 Å². The van der Waals surface area contributed by atoms with Crippen molar-refractivity contribution >= 4 is 35.0 Å². The Morgan fingerprint density at radius 2 is 1.95 bits per heavy atom. The number of hydrogen-bond acceptors (Lipinski definition) is 5. The second-order valence-corrected chi connectivity index (χ2v) is 5.13. The first-order valence-corrected chi connectivity index (χ1v) is 7.08. The number of amides is 2. The molecule has 0 aliphatic rings. The second-order valence-electron chi connectivity index (χ2n) is 4.31. The van der Waals surface area contributed by atoms with Gasteiger partial charge >= 0.3 is 0 Å². The summed E-state index contributed by atoms with van der Waals surface area (Å²) in [5.41, 5.74) is 5.24. The topological polar surface area (TPSA) is 114 Å². The summed E-state index contributed by atoms with van der Waals surface area (Å²) < 4.78 is 4.77. The van der Waals surface area contributed by atoms with Gasteiger partial charge in [0, 0.05) is 13.7 Å². The number of carbonyl (C=O) groups excluding carboxylic acids is 2. The van der Waals surface area contributed by atoms with Gasteiger partial charge in [-0.3, -0.25) is 9.59 Å². The summed E-state index contributed by atoms with van der Waals surface area (Å²) in [5, 5.41) is 15.0. The lowest BCUT2D eigenvalue weighted by Gasteiger charge is -2.23. The van der Waals surface area contributed by atoms with Crippen LogP contribution >= 0.6 is 23.2 Å². The van der Waals surface area contributed by atoms with Crippen molar-refractivity contribution in [2.24, 2.45) is 5.73 Å². The molecule has 0 fully saturated rings. The summed E-state index contributed by atoms with van der Waals surface area (Å²) in [6.45, 7) is -0.279. The quantitative estimate of drug-likeness (QED) is 0.522. The number of hydrogen-bond donors (Lipinski definition) is 4. The van der Waals surface area contributed by atoms with Crippen molar-refractivity contribution in [3.05, 3.63) is 33.8 Å². The van der Waals surface area contributed by atoms with Crippen molar-refractivity contribution in [1.29, 1.82) is 0 Å². The van der Waals surface area contributed by atoms with Crippen molar-refractivity contribution < 1.29 is 19.4 Å². The number of aliphatic hydroxyl groups is 1. The maximum Gasteiger partial charge on any atom is 0.254 e. The SMILES string of the molecule is COC(O)[C@H](CNC(=O)CN)NC(=O)c1c(Cl)cccc1Cl. The molecule has 0 heterocycles. The highest BCUT2D eigenvalue weighted by atomic mass is 35.5. The zero-order valence-corrected chi connectivity index (χ0v) is 13.3. The number of halogens is 2. The van der Waals surface area contributed by atoms with Crippen molar-refractivity contribution in [3.8, 4) is 0 Å². The first-order chi connectivity index (χ1) is 10.4. The Labute approximate surface area is 137 Å². The van der Waals surface area contributed by atoms with Crippen molar-refractivity contribution in [2.45, 2.75) is 12.3 Å². The average molecular weight is 350 g/mol. The predicted molar refractivity (Wildman–Crippen MR) is 82.8 cm³/mol. The molecule has 22 heavy (non-hydrogen) atoms. The van der Waals surface area contributed by atoms with Crippen LogP contribution in [0, 0.1) is 0 Å². The van der Waals surface area contributed by atoms with E-state index in [1.165, 1.54) is 19.2 Å². The fourth-order valence-electron chi connectivity index (χ4n) is 1.64. The summed E-state index contributed by atoms with van der Waals surface area (Å²) in [5.74, 6) is -1.03. The Morgan fingerprint density at radius 3 is 2.45 bits per heavy atom. The van der Waals surface area contributed by atoms with E-state index in [0.29, 0.717) is 0 Å². The summed E-state index contributed by atoms with van der Waals surface area (Å²) in [6, 6.07) is 3.73. The van der Waals surface area contributed by atoms with Gasteiger partial charge in [-0.05, 0) is 12.1 Å². The minimum absolute atomic E-state index is 0.0706.